The molecule has 35 heavy (non-hydrogen) atoms. The largest absolute Gasteiger partial charge is 0.454 e. The minimum Gasteiger partial charge on any atom is -0.454 e. The molecule has 184 valence electrons. The van der Waals surface area contributed by atoms with Gasteiger partial charge in [0.25, 0.3) is 5.69 Å². The second kappa shape index (κ2) is 10.4. The van der Waals surface area contributed by atoms with Gasteiger partial charge in [0.1, 0.15) is 0 Å². The van der Waals surface area contributed by atoms with Gasteiger partial charge >= 0.3 is 5.97 Å². The van der Waals surface area contributed by atoms with Gasteiger partial charge in [-0.3, -0.25) is 14.9 Å². The lowest BCUT2D eigenvalue weighted by molar-refractivity contribution is -0.387. The first kappa shape index (κ1) is 24.5. The Bertz CT molecular complexity index is 1280. The maximum Gasteiger partial charge on any atom is 0.338 e. The minimum absolute atomic E-state index is 0.0335. The van der Waals surface area contributed by atoms with Gasteiger partial charge in [0.2, 0.25) is 10.9 Å². The molecule has 0 amide bonds. The zero-order valence-corrected chi connectivity index (χ0v) is 20.3. The molecule has 3 heterocycles. The summed E-state index contributed by atoms with van der Waals surface area (Å²) in [7, 11) is 1.61. The van der Waals surface area contributed by atoms with Crippen LogP contribution in [0.2, 0.25) is 0 Å². The fourth-order valence-corrected chi connectivity index (χ4v) is 4.74. The number of Topliss-reactive ketones (excluding diaryl/α,β-unsaturated/α-hetero) is 1. The van der Waals surface area contributed by atoms with Crippen LogP contribution >= 0.6 is 11.8 Å². The zero-order valence-electron chi connectivity index (χ0n) is 19.5. The third-order valence-electron chi connectivity index (χ3n) is 5.79. The van der Waals surface area contributed by atoms with Crippen molar-refractivity contribution in [1.82, 2.24) is 24.8 Å². The van der Waals surface area contributed by atoms with Crippen molar-refractivity contribution >= 4 is 29.2 Å². The number of aromatic nitrogens is 5. The number of nitrogens with zero attached hydrogens (tertiary/aromatic N) is 6. The number of benzene rings is 1. The fraction of sp³-hybridized carbons (Fsp3) is 0.409. The monoisotopic (exact) mass is 500 g/mol. The van der Waals surface area contributed by atoms with Crippen LogP contribution in [-0.2, 0) is 23.1 Å². The van der Waals surface area contributed by atoms with Crippen molar-refractivity contribution in [1.29, 1.82) is 0 Å². The van der Waals surface area contributed by atoms with Gasteiger partial charge in [0, 0.05) is 43.2 Å². The van der Waals surface area contributed by atoms with E-state index in [9.17, 15) is 19.7 Å². The van der Waals surface area contributed by atoms with E-state index in [1.54, 1.807) is 13.1 Å². The molecule has 1 fully saturated rings. The quantitative estimate of drug-likeness (QED) is 0.186. The van der Waals surface area contributed by atoms with Crippen molar-refractivity contribution < 1.29 is 24.0 Å². The van der Waals surface area contributed by atoms with E-state index in [-0.39, 0.29) is 28.0 Å². The molecule has 0 saturated carbocycles. The molecule has 1 unspecified atom stereocenters. The maximum atomic E-state index is 12.8. The SMILES string of the molecule is Cc1cc(C(=O)COC(=O)c2ccc(Sc3nnnn3C)c([N+](=O)[O-])c2)c(C)n1CC1CCCO1. The standard InChI is InChI=1S/C22H24N6O6S/c1-13-9-17(14(2)27(13)11-16-5-4-8-33-16)19(29)12-34-21(30)15-6-7-20(18(10-15)28(31)32)35-22-23-24-25-26(22)3/h6-7,9-10,16H,4-5,8,11-12H2,1-3H3. The molecular formula is C22H24N6O6S. The number of tetrazole rings is 1. The van der Waals surface area contributed by atoms with Crippen molar-refractivity contribution in [2.24, 2.45) is 7.05 Å². The van der Waals surface area contributed by atoms with E-state index in [1.165, 1.54) is 16.8 Å². The average Bonchev–Trinajstić information content (AvgIpc) is 3.56. The number of rotatable bonds is 9. The van der Waals surface area contributed by atoms with Gasteiger partial charge in [0.05, 0.1) is 21.5 Å². The second-order valence-corrected chi connectivity index (χ2v) is 9.17. The van der Waals surface area contributed by atoms with Crippen LogP contribution < -0.4 is 0 Å². The molecule has 3 aromatic rings. The summed E-state index contributed by atoms with van der Waals surface area (Å²) in [6.07, 6.45) is 2.14. The first-order chi connectivity index (χ1) is 16.7. The van der Waals surface area contributed by atoms with Crippen molar-refractivity contribution in [2.45, 2.75) is 49.4 Å². The number of carbonyl (C=O) groups is 2. The summed E-state index contributed by atoms with van der Waals surface area (Å²) in [4.78, 5) is 36.6. The Kier molecular flexibility index (Phi) is 7.26. The lowest BCUT2D eigenvalue weighted by Crippen LogP contribution is -2.18. The van der Waals surface area contributed by atoms with E-state index in [0.29, 0.717) is 17.3 Å². The van der Waals surface area contributed by atoms with Crippen LogP contribution in [0, 0.1) is 24.0 Å². The molecule has 0 spiro atoms. The highest BCUT2D eigenvalue weighted by molar-refractivity contribution is 7.99. The Morgan fingerprint density at radius 3 is 2.77 bits per heavy atom. The van der Waals surface area contributed by atoms with Gasteiger partial charge in [-0.2, -0.15) is 0 Å². The molecule has 1 saturated heterocycles. The molecule has 13 heteroatoms. The highest BCUT2D eigenvalue weighted by atomic mass is 32.2. The van der Waals surface area contributed by atoms with Crippen molar-refractivity contribution in [3.63, 3.8) is 0 Å². The Morgan fingerprint density at radius 2 is 2.11 bits per heavy atom. The normalized spacial score (nSPS) is 15.3. The van der Waals surface area contributed by atoms with Gasteiger partial charge in [-0.25, -0.2) is 9.48 Å². The summed E-state index contributed by atoms with van der Waals surface area (Å²) in [6, 6.07) is 5.72. The number of hydrogen-bond acceptors (Lipinski definition) is 10. The first-order valence-electron chi connectivity index (χ1n) is 10.9. The van der Waals surface area contributed by atoms with Crippen LogP contribution in [0.3, 0.4) is 0 Å². The average molecular weight is 501 g/mol. The van der Waals surface area contributed by atoms with Crippen LogP contribution in [0.5, 0.6) is 0 Å². The molecule has 1 aliphatic heterocycles. The molecule has 1 aromatic carbocycles. The second-order valence-electron chi connectivity index (χ2n) is 8.16. The van der Waals surface area contributed by atoms with E-state index >= 15 is 0 Å². The van der Waals surface area contributed by atoms with Gasteiger partial charge in [-0.1, -0.05) is 0 Å². The predicted molar refractivity (Wildman–Crippen MR) is 124 cm³/mol. The molecule has 1 atom stereocenters. The highest BCUT2D eigenvalue weighted by Gasteiger charge is 2.24. The molecule has 0 aliphatic carbocycles. The van der Waals surface area contributed by atoms with Crippen molar-refractivity contribution in [3.05, 3.63) is 56.9 Å². The number of ether oxygens (including phenoxy) is 2. The number of esters is 1. The number of nitro benzene ring substituents is 1. The third-order valence-corrected chi connectivity index (χ3v) is 6.89. The number of carbonyl (C=O) groups excluding carboxylic acids is 2. The summed E-state index contributed by atoms with van der Waals surface area (Å²) in [5.74, 6) is -1.17. The fourth-order valence-electron chi connectivity index (χ4n) is 3.93. The summed E-state index contributed by atoms with van der Waals surface area (Å²) >= 11 is 0.996. The predicted octanol–water partition coefficient (Wildman–Crippen LogP) is 2.91. The zero-order chi connectivity index (χ0) is 25.1. The van der Waals surface area contributed by atoms with Gasteiger partial charge in [-0.15, -0.1) is 5.10 Å². The van der Waals surface area contributed by atoms with Crippen LogP contribution in [0.25, 0.3) is 0 Å². The topological polar surface area (TPSA) is 144 Å². The molecule has 0 radical (unpaired) electrons. The molecule has 12 nitrogen and oxygen atoms in total. The molecule has 2 aromatic heterocycles. The number of ketones is 1. The summed E-state index contributed by atoms with van der Waals surface area (Å²) in [5.41, 5.74) is 1.86. The van der Waals surface area contributed by atoms with Crippen molar-refractivity contribution in [3.8, 4) is 0 Å². The van der Waals surface area contributed by atoms with Crippen LogP contribution in [0.1, 0.15) is 44.9 Å². The highest BCUT2D eigenvalue weighted by Crippen LogP contribution is 2.34. The summed E-state index contributed by atoms with van der Waals surface area (Å²) in [6.45, 7) is 4.71. The molecular weight excluding hydrogens is 476 g/mol. The van der Waals surface area contributed by atoms with E-state index in [0.717, 1.165) is 48.7 Å². The van der Waals surface area contributed by atoms with Gasteiger partial charge in [-0.05, 0) is 67.1 Å². The van der Waals surface area contributed by atoms with Crippen LogP contribution in [0.15, 0.2) is 34.3 Å². The number of nitro groups is 1. The Morgan fingerprint density at radius 1 is 1.31 bits per heavy atom. The molecule has 0 N–H and O–H groups in total. The lowest BCUT2D eigenvalue weighted by atomic mass is 10.1. The maximum absolute atomic E-state index is 12.8. The van der Waals surface area contributed by atoms with Gasteiger partial charge in [0.15, 0.2) is 6.61 Å². The van der Waals surface area contributed by atoms with E-state index < -0.39 is 17.5 Å². The molecule has 1 aliphatic rings. The Balaban J connectivity index is 1.43. The smallest absolute Gasteiger partial charge is 0.338 e. The van der Waals surface area contributed by atoms with E-state index in [2.05, 4.69) is 15.5 Å². The van der Waals surface area contributed by atoms with E-state index in [1.807, 2.05) is 18.4 Å². The first-order valence-corrected chi connectivity index (χ1v) is 11.7. The van der Waals surface area contributed by atoms with Crippen molar-refractivity contribution in [2.75, 3.05) is 13.2 Å². The van der Waals surface area contributed by atoms with Crippen LogP contribution in [-0.4, -0.2) is 60.8 Å². The summed E-state index contributed by atoms with van der Waals surface area (Å²) in [5, 5.41) is 22.9. The number of hydrogen-bond donors (Lipinski definition) is 0. The molecule has 0 bridgehead atoms. The van der Waals surface area contributed by atoms with Gasteiger partial charge < -0.3 is 14.0 Å². The summed E-state index contributed by atoms with van der Waals surface area (Å²) < 4.78 is 14.3. The Labute approximate surface area is 204 Å². The third kappa shape index (κ3) is 5.41. The van der Waals surface area contributed by atoms with E-state index in [4.69, 9.17) is 9.47 Å². The lowest BCUT2D eigenvalue weighted by Gasteiger charge is -2.14. The minimum atomic E-state index is -0.827. The number of aryl methyl sites for hydroxylation is 2. The molecule has 4 rings (SSSR count). The van der Waals surface area contributed by atoms with Crippen LogP contribution in [0.4, 0.5) is 5.69 Å². The Hall–Kier alpha value is -3.58.